The summed E-state index contributed by atoms with van der Waals surface area (Å²) in [5.74, 6) is -0.0901. The van der Waals surface area contributed by atoms with Crippen LogP contribution < -0.4 is 26.9 Å². The molecular formula is C15H15N7O2. The van der Waals surface area contributed by atoms with Crippen molar-refractivity contribution in [1.82, 2.24) is 14.4 Å². The summed E-state index contributed by atoms with van der Waals surface area (Å²) in [6.07, 6.45) is 3.87. The number of aliphatic imine (C=N–C) groups is 1. The molecule has 2 atom stereocenters. The first-order chi connectivity index (χ1) is 11.5. The number of nitrogens with zero attached hydrogens (tertiary/aromatic N) is 3. The van der Waals surface area contributed by atoms with Gasteiger partial charge in [0.25, 0.3) is 0 Å². The van der Waals surface area contributed by atoms with Crippen molar-refractivity contribution < 1.29 is 10.0 Å². The van der Waals surface area contributed by atoms with Gasteiger partial charge < -0.3 is 15.8 Å². The predicted molar refractivity (Wildman–Crippen MR) is 87.2 cm³/mol. The highest BCUT2D eigenvalue weighted by Crippen LogP contribution is 2.26. The van der Waals surface area contributed by atoms with Crippen molar-refractivity contribution in [2.45, 2.75) is 6.29 Å². The number of hydrogen-bond acceptors (Lipinski definition) is 6. The molecule has 0 bridgehead atoms. The Morgan fingerprint density at radius 1 is 1.42 bits per heavy atom. The van der Waals surface area contributed by atoms with Crippen LogP contribution in [-0.4, -0.2) is 33.4 Å². The van der Waals surface area contributed by atoms with E-state index in [2.05, 4.69) is 15.0 Å². The number of hydrogen-bond donors (Lipinski definition) is 4. The highest BCUT2D eigenvalue weighted by atomic mass is 16.3. The topological polar surface area (TPSA) is 142 Å². The molecule has 3 aromatic heterocycles. The van der Waals surface area contributed by atoms with E-state index in [0.29, 0.717) is 27.0 Å². The molecule has 9 nitrogen and oxygen atoms in total. The average molecular weight is 325 g/mol. The van der Waals surface area contributed by atoms with Gasteiger partial charge in [-0.25, -0.2) is 9.98 Å². The summed E-state index contributed by atoms with van der Waals surface area (Å²) in [6, 6.07) is 3.08. The lowest BCUT2D eigenvalue weighted by Crippen LogP contribution is -3.11. The first-order valence-corrected chi connectivity index (χ1v) is 7.31. The Labute approximate surface area is 135 Å². The van der Waals surface area contributed by atoms with Gasteiger partial charge in [0, 0.05) is 24.0 Å². The fraction of sp³-hybridized carbons (Fsp3) is 0.133. The maximum absolute atomic E-state index is 12.5. The van der Waals surface area contributed by atoms with E-state index in [-0.39, 0.29) is 22.8 Å². The van der Waals surface area contributed by atoms with Gasteiger partial charge in [-0.1, -0.05) is 0 Å². The third-order valence-electron chi connectivity index (χ3n) is 4.14. The molecule has 0 saturated carbocycles. The van der Waals surface area contributed by atoms with E-state index < -0.39 is 6.29 Å². The quantitative estimate of drug-likeness (QED) is 0.392. The Kier molecular flexibility index (Phi) is 2.95. The van der Waals surface area contributed by atoms with Crippen molar-refractivity contribution in [2.24, 2.45) is 10.7 Å². The molecule has 0 radical (unpaired) electrons. The number of H-pyrrole nitrogens is 1. The lowest BCUT2D eigenvalue weighted by atomic mass is 10.1. The Morgan fingerprint density at radius 2 is 2.21 bits per heavy atom. The van der Waals surface area contributed by atoms with E-state index in [1.807, 2.05) is 0 Å². The van der Waals surface area contributed by atoms with Crippen molar-refractivity contribution >= 4 is 28.2 Å². The van der Waals surface area contributed by atoms with E-state index in [4.69, 9.17) is 11.5 Å². The monoisotopic (exact) mass is 325 g/mol. The van der Waals surface area contributed by atoms with Gasteiger partial charge in [0.15, 0.2) is 5.43 Å². The van der Waals surface area contributed by atoms with Crippen LogP contribution in [0.15, 0.2) is 46.3 Å². The molecule has 2 unspecified atom stereocenters. The second-order valence-corrected chi connectivity index (χ2v) is 5.64. The molecule has 0 aromatic carbocycles. The maximum atomic E-state index is 12.5. The van der Waals surface area contributed by atoms with Crippen molar-refractivity contribution in [1.29, 1.82) is 0 Å². The average Bonchev–Trinajstić information content (AvgIpc) is 2.88. The minimum absolute atomic E-state index is 0.155. The number of aromatic amines is 1. The summed E-state index contributed by atoms with van der Waals surface area (Å²) in [7, 11) is 1.74. The van der Waals surface area contributed by atoms with Crippen LogP contribution in [0, 0.1) is 0 Å². The number of fused-ring (bicyclic) bond motifs is 3. The van der Waals surface area contributed by atoms with Crippen molar-refractivity contribution in [2.75, 3.05) is 12.8 Å². The van der Waals surface area contributed by atoms with Gasteiger partial charge in [-0.2, -0.15) is 0 Å². The molecule has 4 rings (SSSR count). The Morgan fingerprint density at radius 3 is 3.00 bits per heavy atom. The normalized spacial score (nSPS) is 21.1. The highest BCUT2D eigenvalue weighted by Gasteiger charge is 2.25. The number of pyridine rings is 1. The third kappa shape index (κ3) is 1.85. The number of aromatic nitrogens is 3. The molecule has 1 aliphatic heterocycles. The Bertz CT molecular complexity index is 1090. The van der Waals surface area contributed by atoms with Gasteiger partial charge in [0.1, 0.15) is 5.65 Å². The van der Waals surface area contributed by atoms with Crippen LogP contribution in [0.2, 0.25) is 0 Å². The van der Waals surface area contributed by atoms with Gasteiger partial charge in [-0.15, -0.1) is 0 Å². The van der Waals surface area contributed by atoms with Crippen LogP contribution in [0.4, 0.5) is 5.95 Å². The van der Waals surface area contributed by atoms with E-state index in [1.54, 1.807) is 17.5 Å². The molecule has 3 aromatic rings. The minimum atomic E-state index is -0.621. The van der Waals surface area contributed by atoms with E-state index in [1.165, 1.54) is 24.7 Å². The van der Waals surface area contributed by atoms with Gasteiger partial charge in [0.2, 0.25) is 12.2 Å². The van der Waals surface area contributed by atoms with Crippen molar-refractivity contribution in [3.05, 3.63) is 52.3 Å². The van der Waals surface area contributed by atoms with Crippen molar-refractivity contribution in [3.8, 4) is 0 Å². The predicted octanol–water partition coefficient (Wildman–Crippen LogP) is -2.48. The van der Waals surface area contributed by atoms with E-state index >= 15 is 0 Å². The number of nitrogens with one attached hydrogen (secondary N) is 2. The lowest BCUT2D eigenvalue weighted by Gasteiger charge is -2.25. The summed E-state index contributed by atoms with van der Waals surface area (Å²) >= 11 is 0. The van der Waals surface area contributed by atoms with E-state index in [9.17, 15) is 9.90 Å². The van der Waals surface area contributed by atoms with Gasteiger partial charge >= 0.3 is 0 Å². The Hall–Kier alpha value is -3.17. The molecular weight excluding hydrogens is 310 g/mol. The SMILES string of the molecule is C[NH+]1C=C([O-])C(c2c3c(=O)cc[nH]c3n3c(N)nccc23)=NC1N. The second kappa shape index (κ2) is 4.91. The molecule has 9 heteroatoms. The third-order valence-corrected chi connectivity index (χ3v) is 4.14. The van der Waals surface area contributed by atoms with Crippen LogP contribution in [0.1, 0.15) is 5.56 Å². The minimum Gasteiger partial charge on any atom is -0.867 e. The standard InChI is InChI=1S/C15H15N7O2/c1-21-6-9(24)12(20-15(21)17)10-7-2-4-19-14(16)22(7)13-11(10)8(23)3-5-18-13/h2-6,15,24H,17H2,1H3,(H2,16,19)(H,18,23). The fourth-order valence-corrected chi connectivity index (χ4v) is 2.98. The molecule has 0 saturated heterocycles. The van der Waals surface area contributed by atoms with Gasteiger partial charge in [0.05, 0.1) is 29.9 Å². The zero-order valence-electron chi connectivity index (χ0n) is 12.8. The number of quaternary nitrogens is 1. The first-order valence-electron chi connectivity index (χ1n) is 7.31. The van der Waals surface area contributed by atoms with Crippen LogP contribution in [0.3, 0.4) is 0 Å². The number of rotatable bonds is 1. The summed E-state index contributed by atoms with van der Waals surface area (Å²) in [4.78, 5) is 24.5. The molecule has 122 valence electrons. The molecule has 4 heterocycles. The number of nitrogens with two attached hydrogens (primary N) is 2. The maximum Gasteiger partial charge on any atom is 0.240 e. The van der Waals surface area contributed by atoms with Crippen LogP contribution >= 0.6 is 0 Å². The van der Waals surface area contributed by atoms with Gasteiger partial charge in [-0.05, 0) is 11.8 Å². The summed E-state index contributed by atoms with van der Waals surface area (Å²) in [6.45, 7) is 0. The molecule has 0 aliphatic carbocycles. The molecule has 6 N–H and O–H groups in total. The highest BCUT2D eigenvalue weighted by molar-refractivity contribution is 6.22. The van der Waals surface area contributed by atoms with Crippen molar-refractivity contribution in [3.63, 3.8) is 0 Å². The van der Waals surface area contributed by atoms with Crippen LogP contribution in [-0.2, 0) is 0 Å². The summed E-state index contributed by atoms with van der Waals surface area (Å²) < 4.78 is 1.60. The number of nitrogen functional groups attached to an aromatic ring is 1. The summed E-state index contributed by atoms with van der Waals surface area (Å²) in [5, 5.41) is 12.8. The Balaban J connectivity index is 2.19. The molecule has 0 amide bonds. The number of allylic oxidation sites excluding steroid dienone is 1. The molecule has 0 fully saturated rings. The first kappa shape index (κ1) is 14.4. The smallest absolute Gasteiger partial charge is 0.240 e. The zero-order valence-corrected chi connectivity index (χ0v) is 12.8. The zero-order chi connectivity index (χ0) is 17.0. The largest absolute Gasteiger partial charge is 0.867 e. The van der Waals surface area contributed by atoms with Crippen LogP contribution in [0.5, 0.6) is 0 Å². The fourth-order valence-electron chi connectivity index (χ4n) is 2.98. The molecule has 24 heavy (non-hydrogen) atoms. The van der Waals surface area contributed by atoms with Gasteiger partial charge in [-0.3, -0.25) is 19.8 Å². The lowest BCUT2D eigenvalue weighted by molar-refractivity contribution is -0.855. The molecule has 0 spiro atoms. The number of anilines is 1. The molecule has 1 aliphatic rings. The summed E-state index contributed by atoms with van der Waals surface area (Å²) in [5.41, 5.74) is 13.3. The van der Waals surface area contributed by atoms with Crippen LogP contribution in [0.25, 0.3) is 16.6 Å². The van der Waals surface area contributed by atoms with E-state index in [0.717, 1.165) is 0 Å². The second-order valence-electron chi connectivity index (χ2n) is 5.64.